The summed E-state index contributed by atoms with van der Waals surface area (Å²) < 4.78 is 11.0. The van der Waals surface area contributed by atoms with Gasteiger partial charge in [-0.3, -0.25) is 4.79 Å². The van der Waals surface area contributed by atoms with E-state index < -0.39 is 11.7 Å². The van der Waals surface area contributed by atoms with Gasteiger partial charge in [0.1, 0.15) is 17.1 Å². The quantitative estimate of drug-likeness (QED) is 0.785. The van der Waals surface area contributed by atoms with Crippen LogP contribution in [0.4, 0.5) is 10.5 Å². The van der Waals surface area contributed by atoms with Crippen molar-refractivity contribution in [1.82, 2.24) is 5.32 Å². The third-order valence-electron chi connectivity index (χ3n) is 3.42. The summed E-state index contributed by atoms with van der Waals surface area (Å²) >= 11 is 0. The molecule has 0 aliphatic rings. The minimum absolute atomic E-state index is 0.111. The maximum atomic E-state index is 11.6. The molecule has 0 aliphatic carbocycles. The van der Waals surface area contributed by atoms with E-state index in [9.17, 15) is 9.59 Å². The first kappa shape index (κ1) is 20.3. The van der Waals surface area contributed by atoms with Crippen LogP contribution in [0.1, 0.15) is 33.3 Å². The lowest BCUT2D eigenvalue weighted by molar-refractivity contribution is -0.114. The Balaban J connectivity index is 1.81. The van der Waals surface area contributed by atoms with Gasteiger partial charge in [0.05, 0.1) is 0 Å². The Kier molecular flexibility index (Phi) is 6.82. The van der Waals surface area contributed by atoms with Gasteiger partial charge in [-0.2, -0.15) is 0 Å². The molecule has 6 heteroatoms. The van der Waals surface area contributed by atoms with Gasteiger partial charge in [-0.15, -0.1) is 0 Å². The normalized spacial score (nSPS) is 10.8. The lowest BCUT2D eigenvalue weighted by Gasteiger charge is -2.19. The molecule has 2 amide bonds. The fraction of sp³-hybridized carbons (Fsp3) is 0.333. The topological polar surface area (TPSA) is 76.7 Å². The third kappa shape index (κ3) is 7.81. The number of hydrogen-bond donors (Lipinski definition) is 2. The number of rotatable bonds is 6. The van der Waals surface area contributed by atoms with Crippen LogP contribution in [-0.4, -0.2) is 24.1 Å². The summed E-state index contributed by atoms with van der Waals surface area (Å²) in [5.74, 6) is 1.29. The predicted octanol–water partition coefficient (Wildman–Crippen LogP) is 4.50. The molecule has 0 aromatic heterocycles. The van der Waals surface area contributed by atoms with Crippen molar-refractivity contribution in [3.8, 4) is 11.5 Å². The van der Waals surface area contributed by atoms with Gasteiger partial charge in [0, 0.05) is 19.2 Å². The average Bonchev–Trinajstić information content (AvgIpc) is 2.56. The van der Waals surface area contributed by atoms with Crippen LogP contribution < -0.4 is 15.4 Å². The molecule has 0 aliphatic heterocycles. The zero-order valence-electron chi connectivity index (χ0n) is 16.2. The number of alkyl carbamates (subject to hydrolysis) is 1. The average molecular weight is 370 g/mol. The molecule has 2 aromatic carbocycles. The molecule has 0 unspecified atom stereocenters. The first-order valence-electron chi connectivity index (χ1n) is 8.82. The van der Waals surface area contributed by atoms with Gasteiger partial charge < -0.3 is 20.1 Å². The van der Waals surface area contributed by atoms with Crippen molar-refractivity contribution in [2.45, 2.75) is 39.7 Å². The Labute approximate surface area is 159 Å². The molecular weight excluding hydrogens is 344 g/mol. The molecule has 0 saturated heterocycles. The molecule has 0 radical (unpaired) electrons. The highest BCUT2D eigenvalue weighted by atomic mass is 16.6. The summed E-state index contributed by atoms with van der Waals surface area (Å²) in [6, 6.07) is 14.8. The lowest BCUT2D eigenvalue weighted by atomic mass is 10.1. The van der Waals surface area contributed by atoms with Crippen molar-refractivity contribution in [3.05, 3.63) is 54.1 Å². The van der Waals surface area contributed by atoms with E-state index in [0.29, 0.717) is 24.5 Å². The maximum Gasteiger partial charge on any atom is 0.407 e. The maximum absolute atomic E-state index is 11.6. The number of amides is 2. The van der Waals surface area contributed by atoms with Crippen molar-refractivity contribution in [3.63, 3.8) is 0 Å². The van der Waals surface area contributed by atoms with E-state index in [2.05, 4.69) is 10.6 Å². The second-order valence-corrected chi connectivity index (χ2v) is 7.13. The molecular formula is C21H26N2O4. The Bertz CT molecular complexity index is 762. The van der Waals surface area contributed by atoms with Crippen LogP contribution >= 0.6 is 0 Å². The van der Waals surface area contributed by atoms with E-state index in [1.165, 1.54) is 6.92 Å². The van der Waals surface area contributed by atoms with Crippen LogP contribution in [0.3, 0.4) is 0 Å². The van der Waals surface area contributed by atoms with Crippen LogP contribution in [0.15, 0.2) is 48.5 Å². The largest absolute Gasteiger partial charge is 0.457 e. The SMILES string of the molecule is CC(=O)Nc1ccc(Oc2ccc(CCNC(=O)OC(C)(C)C)cc2)cc1. The fourth-order valence-electron chi connectivity index (χ4n) is 2.29. The van der Waals surface area contributed by atoms with E-state index >= 15 is 0 Å². The van der Waals surface area contributed by atoms with E-state index in [-0.39, 0.29) is 5.91 Å². The highest BCUT2D eigenvalue weighted by molar-refractivity contribution is 5.88. The number of carbonyl (C=O) groups is 2. The number of hydrogen-bond acceptors (Lipinski definition) is 4. The van der Waals surface area contributed by atoms with E-state index in [4.69, 9.17) is 9.47 Å². The van der Waals surface area contributed by atoms with Crippen LogP contribution in [0.2, 0.25) is 0 Å². The molecule has 144 valence electrons. The van der Waals surface area contributed by atoms with Gasteiger partial charge in [0.25, 0.3) is 0 Å². The summed E-state index contributed by atoms with van der Waals surface area (Å²) in [6.07, 6.45) is 0.287. The number of anilines is 1. The molecule has 0 saturated carbocycles. The molecule has 27 heavy (non-hydrogen) atoms. The van der Waals surface area contributed by atoms with Gasteiger partial charge in [0.15, 0.2) is 0 Å². The zero-order valence-corrected chi connectivity index (χ0v) is 16.2. The van der Waals surface area contributed by atoms with Gasteiger partial charge in [-0.05, 0) is 69.2 Å². The van der Waals surface area contributed by atoms with Crippen molar-refractivity contribution >= 4 is 17.7 Å². The smallest absolute Gasteiger partial charge is 0.407 e. The lowest BCUT2D eigenvalue weighted by Crippen LogP contribution is -2.33. The minimum atomic E-state index is -0.497. The highest BCUT2D eigenvalue weighted by Gasteiger charge is 2.15. The Morgan fingerprint density at radius 1 is 0.926 bits per heavy atom. The van der Waals surface area contributed by atoms with Crippen molar-refractivity contribution in [1.29, 1.82) is 0 Å². The summed E-state index contributed by atoms with van der Waals surface area (Å²) in [5, 5.41) is 5.45. The monoisotopic (exact) mass is 370 g/mol. The van der Waals surface area contributed by atoms with Crippen LogP contribution in [0.25, 0.3) is 0 Å². The Morgan fingerprint density at radius 3 is 2.00 bits per heavy atom. The Morgan fingerprint density at radius 2 is 1.48 bits per heavy atom. The van der Waals surface area contributed by atoms with Crippen molar-refractivity contribution < 1.29 is 19.1 Å². The van der Waals surface area contributed by atoms with Gasteiger partial charge in [-0.1, -0.05) is 12.1 Å². The Hall–Kier alpha value is -3.02. The predicted molar refractivity (Wildman–Crippen MR) is 105 cm³/mol. The molecule has 2 aromatic rings. The van der Waals surface area contributed by atoms with E-state index in [1.54, 1.807) is 24.3 Å². The van der Waals surface area contributed by atoms with Crippen LogP contribution in [-0.2, 0) is 16.0 Å². The minimum Gasteiger partial charge on any atom is -0.457 e. The summed E-state index contributed by atoms with van der Waals surface area (Å²) in [4.78, 5) is 22.6. The van der Waals surface area contributed by atoms with Gasteiger partial charge >= 0.3 is 6.09 Å². The number of ether oxygens (including phenoxy) is 2. The number of benzene rings is 2. The van der Waals surface area contributed by atoms with E-state index in [0.717, 1.165) is 11.3 Å². The highest BCUT2D eigenvalue weighted by Crippen LogP contribution is 2.23. The third-order valence-corrected chi connectivity index (χ3v) is 3.42. The van der Waals surface area contributed by atoms with E-state index in [1.807, 2.05) is 45.0 Å². The van der Waals surface area contributed by atoms with Gasteiger partial charge in [-0.25, -0.2) is 4.79 Å². The van der Waals surface area contributed by atoms with Crippen LogP contribution in [0, 0.1) is 0 Å². The molecule has 0 spiro atoms. The summed E-state index contributed by atoms with van der Waals surface area (Å²) in [5.41, 5.74) is 1.31. The standard InChI is InChI=1S/C21H26N2O4/c1-15(24)23-17-7-11-19(12-8-17)26-18-9-5-16(6-10-18)13-14-22-20(25)27-21(2,3)4/h5-12H,13-14H2,1-4H3,(H,22,25)(H,23,24). The first-order chi connectivity index (χ1) is 12.7. The summed E-state index contributed by atoms with van der Waals surface area (Å²) in [6.45, 7) is 7.46. The molecule has 6 nitrogen and oxygen atoms in total. The summed E-state index contributed by atoms with van der Waals surface area (Å²) in [7, 11) is 0. The fourth-order valence-corrected chi connectivity index (χ4v) is 2.29. The molecule has 2 N–H and O–H groups in total. The second-order valence-electron chi connectivity index (χ2n) is 7.13. The number of carbonyl (C=O) groups excluding carboxylic acids is 2. The molecule has 0 bridgehead atoms. The zero-order chi connectivity index (χ0) is 19.9. The van der Waals surface area contributed by atoms with Crippen molar-refractivity contribution in [2.75, 3.05) is 11.9 Å². The molecule has 0 heterocycles. The first-order valence-corrected chi connectivity index (χ1v) is 8.82. The molecule has 0 fully saturated rings. The molecule has 0 atom stereocenters. The van der Waals surface area contributed by atoms with Crippen LogP contribution in [0.5, 0.6) is 11.5 Å². The second kappa shape index (κ2) is 9.07. The molecule has 2 rings (SSSR count). The number of nitrogens with one attached hydrogen (secondary N) is 2. The van der Waals surface area contributed by atoms with Gasteiger partial charge in [0.2, 0.25) is 5.91 Å². The van der Waals surface area contributed by atoms with Crippen molar-refractivity contribution in [2.24, 2.45) is 0 Å².